The number of nitrogens with one attached hydrogen (secondary N) is 1. The van der Waals surface area contributed by atoms with E-state index >= 15 is 0 Å². The summed E-state index contributed by atoms with van der Waals surface area (Å²) in [7, 11) is 1.60. The average molecular weight is 389 g/mol. The minimum Gasteiger partial charge on any atom is -0.497 e. The van der Waals surface area contributed by atoms with Crippen LogP contribution < -0.4 is 10.1 Å². The van der Waals surface area contributed by atoms with Gasteiger partial charge in [0.25, 0.3) is 5.91 Å². The molecule has 0 bridgehead atoms. The molecule has 7 nitrogen and oxygen atoms in total. The number of piperazine rings is 1. The van der Waals surface area contributed by atoms with Crippen molar-refractivity contribution in [3.8, 4) is 5.75 Å². The van der Waals surface area contributed by atoms with Crippen LogP contribution in [0.4, 0.5) is 4.79 Å². The highest BCUT2D eigenvalue weighted by Gasteiger charge is 2.30. The number of rotatable bonds is 5. The van der Waals surface area contributed by atoms with Crippen molar-refractivity contribution in [2.45, 2.75) is 32.2 Å². The molecule has 0 aromatic heterocycles. The Bertz CT molecular complexity index is 675. The summed E-state index contributed by atoms with van der Waals surface area (Å²) in [6, 6.07) is 7.10. The Balaban J connectivity index is 1.48. The maximum Gasteiger partial charge on any atom is 0.317 e. The SMILES string of the molecule is COc1ccc(C(=O)N2CCN(C(=O)NC(C)(C)CN3CCCC3)CC2)cc1. The first-order valence-corrected chi connectivity index (χ1v) is 10.1. The van der Waals surface area contributed by atoms with Crippen LogP contribution in [0.25, 0.3) is 0 Å². The summed E-state index contributed by atoms with van der Waals surface area (Å²) in [5.74, 6) is 0.728. The maximum atomic E-state index is 12.7. The number of hydrogen-bond donors (Lipinski definition) is 1. The van der Waals surface area contributed by atoms with E-state index in [1.54, 1.807) is 36.3 Å². The number of methoxy groups -OCH3 is 1. The molecule has 7 heteroatoms. The molecule has 3 rings (SSSR count). The van der Waals surface area contributed by atoms with Crippen LogP contribution in [0, 0.1) is 0 Å². The molecule has 3 amide bonds. The lowest BCUT2D eigenvalue weighted by molar-refractivity contribution is 0.0659. The van der Waals surface area contributed by atoms with Gasteiger partial charge in [0.2, 0.25) is 0 Å². The van der Waals surface area contributed by atoms with Crippen LogP contribution in [-0.4, -0.2) is 85.1 Å². The topological polar surface area (TPSA) is 65.1 Å². The van der Waals surface area contributed by atoms with Crippen molar-refractivity contribution in [2.75, 3.05) is 52.9 Å². The first kappa shape index (κ1) is 20.5. The number of benzene rings is 1. The molecule has 0 atom stereocenters. The summed E-state index contributed by atoms with van der Waals surface area (Å²) >= 11 is 0. The van der Waals surface area contributed by atoms with E-state index in [0.29, 0.717) is 31.7 Å². The summed E-state index contributed by atoms with van der Waals surface area (Å²) in [6.07, 6.45) is 2.49. The number of hydrogen-bond acceptors (Lipinski definition) is 4. The van der Waals surface area contributed by atoms with Gasteiger partial charge in [0, 0.05) is 43.8 Å². The number of amides is 3. The third kappa shape index (κ3) is 5.16. The van der Waals surface area contributed by atoms with Gasteiger partial charge in [-0.3, -0.25) is 4.79 Å². The van der Waals surface area contributed by atoms with Crippen molar-refractivity contribution in [3.63, 3.8) is 0 Å². The van der Waals surface area contributed by atoms with E-state index in [2.05, 4.69) is 24.1 Å². The Hall–Kier alpha value is -2.28. The van der Waals surface area contributed by atoms with Crippen LogP contribution in [0.2, 0.25) is 0 Å². The highest BCUT2D eigenvalue weighted by molar-refractivity contribution is 5.94. The van der Waals surface area contributed by atoms with Gasteiger partial charge in [-0.15, -0.1) is 0 Å². The second kappa shape index (κ2) is 8.82. The summed E-state index contributed by atoms with van der Waals surface area (Å²) < 4.78 is 5.14. The number of carbonyl (C=O) groups excluding carboxylic acids is 2. The molecule has 0 radical (unpaired) electrons. The van der Waals surface area contributed by atoms with Gasteiger partial charge in [0.05, 0.1) is 7.11 Å². The molecular weight excluding hydrogens is 356 g/mol. The number of likely N-dealkylation sites (tertiary alicyclic amines) is 1. The van der Waals surface area contributed by atoms with Crippen LogP contribution in [-0.2, 0) is 0 Å². The molecule has 2 aliphatic heterocycles. The van der Waals surface area contributed by atoms with Crippen molar-refractivity contribution in [2.24, 2.45) is 0 Å². The number of nitrogens with zero attached hydrogens (tertiary/aromatic N) is 3. The maximum absolute atomic E-state index is 12.7. The van der Waals surface area contributed by atoms with Crippen molar-refractivity contribution in [3.05, 3.63) is 29.8 Å². The molecule has 2 fully saturated rings. The minimum atomic E-state index is -0.266. The predicted octanol–water partition coefficient (Wildman–Crippen LogP) is 2.04. The quantitative estimate of drug-likeness (QED) is 0.838. The Kier molecular flexibility index (Phi) is 6.44. The molecule has 2 aliphatic rings. The molecule has 0 spiro atoms. The van der Waals surface area contributed by atoms with Crippen LogP contribution >= 0.6 is 0 Å². The summed E-state index contributed by atoms with van der Waals surface area (Å²) in [4.78, 5) is 31.4. The lowest BCUT2D eigenvalue weighted by Crippen LogP contribution is -2.58. The second-order valence-electron chi connectivity index (χ2n) is 8.31. The summed E-state index contributed by atoms with van der Waals surface area (Å²) in [5.41, 5.74) is 0.378. The van der Waals surface area contributed by atoms with Gasteiger partial charge in [0.1, 0.15) is 5.75 Å². The monoisotopic (exact) mass is 388 g/mol. The fraction of sp³-hybridized carbons (Fsp3) is 0.619. The molecule has 2 heterocycles. The summed E-state index contributed by atoms with van der Waals surface area (Å²) in [5, 5.41) is 3.17. The van der Waals surface area contributed by atoms with Crippen LogP contribution in [0.1, 0.15) is 37.0 Å². The van der Waals surface area contributed by atoms with E-state index in [1.807, 2.05) is 4.90 Å². The van der Waals surface area contributed by atoms with Crippen molar-refractivity contribution in [1.29, 1.82) is 0 Å². The Morgan fingerprint density at radius 3 is 2.11 bits per heavy atom. The second-order valence-corrected chi connectivity index (χ2v) is 8.31. The van der Waals surface area contributed by atoms with E-state index in [-0.39, 0.29) is 17.5 Å². The standard InChI is InChI=1S/C21H32N4O3/c1-21(2,16-23-10-4-5-11-23)22-20(27)25-14-12-24(13-15-25)19(26)17-6-8-18(28-3)9-7-17/h6-9H,4-5,10-16H2,1-3H3,(H,22,27). The zero-order valence-electron chi connectivity index (χ0n) is 17.2. The molecule has 0 unspecified atom stereocenters. The fourth-order valence-corrected chi connectivity index (χ4v) is 3.94. The zero-order valence-corrected chi connectivity index (χ0v) is 17.2. The number of urea groups is 1. The Labute approximate surface area is 167 Å². The van der Waals surface area contributed by atoms with Crippen LogP contribution in [0.15, 0.2) is 24.3 Å². The van der Waals surface area contributed by atoms with Gasteiger partial charge >= 0.3 is 6.03 Å². The lowest BCUT2D eigenvalue weighted by atomic mass is 10.1. The molecule has 0 aliphatic carbocycles. The highest BCUT2D eigenvalue weighted by Crippen LogP contribution is 2.16. The van der Waals surface area contributed by atoms with Gasteiger partial charge in [-0.1, -0.05) is 0 Å². The average Bonchev–Trinajstić information content (AvgIpc) is 3.19. The van der Waals surface area contributed by atoms with Gasteiger partial charge in [-0.25, -0.2) is 4.79 Å². The number of ether oxygens (including phenoxy) is 1. The third-order valence-electron chi connectivity index (χ3n) is 5.45. The van der Waals surface area contributed by atoms with Gasteiger partial charge in [-0.2, -0.15) is 0 Å². The van der Waals surface area contributed by atoms with E-state index in [4.69, 9.17) is 4.74 Å². The molecule has 28 heavy (non-hydrogen) atoms. The first-order valence-electron chi connectivity index (χ1n) is 10.1. The van der Waals surface area contributed by atoms with Crippen LogP contribution in [0.5, 0.6) is 5.75 Å². The largest absolute Gasteiger partial charge is 0.497 e. The van der Waals surface area contributed by atoms with E-state index in [0.717, 1.165) is 25.4 Å². The highest BCUT2D eigenvalue weighted by atomic mass is 16.5. The minimum absolute atomic E-state index is 0.00271. The van der Waals surface area contributed by atoms with Crippen molar-refractivity contribution in [1.82, 2.24) is 20.0 Å². The molecule has 1 aromatic carbocycles. The summed E-state index contributed by atoms with van der Waals surface area (Å²) in [6.45, 7) is 9.45. The molecule has 1 aromatic rings. The fourth-order valence-electron chi connectivity index (χ4n) is 3.94. The molecule has 0 saturated carbocycles. The smallest absolute Gasteiger partial charge is 0.317 e. The Morgan fingerprint density at radius 1 is 0.964 bits per heavy atom. The normalized spacial score (nSPS) is 18.2. The van der Waals surface area contributed by atoms with E-state index in [1.165, 1.54) is 12.8 Å². The van der Waals surface area contributed by atoms with Gasteiger partial charge in [0.15, 0.2) is 0 Å². The van der Waals surface area contributed by atoms with Crippen LogP contribution in [0.3, 0.4) is 0 Å². The molecule has 2 saturated heterocycles. The van der Waals surface area contributed by atoms with Crippen molar-refractivity contribution >= 4 is 11.9 Å². The zero-order chi connectivity index (χ0) is 20.1. The molecule has 1 N–H and O–H groups in total. The van der Waals surface area contributed by atoms with Crippen molar-refractivity contribution < 1.29 is 14.3 Å². The number of carbonyl (C=O) groups is 2. The molecular formula is C21H32N4O3. The Morgan fingerprint density at radius 2 is 1.54 bits per heavy atom. The lowest BCUT2D eigenvalue weighted by Gasteiger charge is -2.38. The predicted molar refractivity (Wildman–Crippen MR) is 109 cm³/mol. The van der Waals surface area contributed by atoms with Gasteiger partial charge < -0.3 is 24.8 Å². The first-order chi connectivity index (χ1) is 13.4. The molecule has 154 valence electrons. The van der Waals surface area contributed by atoms with E-state index < -0.39 is 0 Å². The third-order valence-corrected chi connectivity index (χ3v) is 5.45. The van der Waals surface area contributed by atoms with E-state index in [9.17, 15) is 9.59 Å². The van der Waals surface area contributed by atoms with Gasteiger partial charge in [-0.05, 0) is 64.0 Å².